The van der Waals surface area contributed by atoms with Crippen molar-refractivity contribution in [2.45, 2.75) is 25.1 Å². The maximum atomic E-state index is 12.9. The van der Waals surface area contributed by atoms with E-state index >= 15 is 0 Å². The Hall–Kier alpha value is -4.35. The number of hydrogen-bond donors (Lipinski definition) is 2. The summed E-state index contributed by atoms with van der Waals surface area (Å²) in [7, 11) is 0. The number of carbonyl (C=O) groups is 2. The first-order valence-corrected chi connectivity index (χ1v) is 11.0. The minimum Gasteiger partial charge on any atom is -0.439 e. The Bertz CT molecular complexity index is 1300. The van der Waals surface area contributed by atoms with Gasteiger partial charge in [-0.25, -0.2) is 9.67 Å². The largest absolute Gasteiger partial charge is 0.439 e. The van der Waals surface area contributed by atoms with Gasteiger partial charge in [0.05, 0.1) is 6.04 Å². The molecule has 1 unspecified atom stereocenters. The molecule has 2 amide bonds. The number of nitrogen functional groups attached to an aromatic ring is 1. The van der Waals surface area contributed by atoms with Crippen LogP contribution in [0.15, 0.2) is 55.1 Å². The van der Waals surface area contributed by atoms with Crippen LogP contribution in [0.4, 0.5) is 19.0 Å². The van der Waals surface area contributed by atoms with Crippen LogP contribution in [0.25, 0.3) is 11.3 Å². The van der Waals surface area contributed by atoms with E-state index in [1.54, 1.807) is 17.0 Å². The van der Waals surface area contributed by atoms with Gasteiger partial charge in [-0.05, 0) is 49.2 Å². The summed E-state index contributed by atoms with van der Waals surface area (Å²) in [6.07, 6.45) is -1.93. The van der Waals surface area contributed by atoms with Crippen molar-refractivity contribution in [3.63, 3.8) is 0 Å². The fourth-order valence-corrected chi connectivity index (χ4v) is 4.09. The summed E-state index contributed by atoms with van der Waals surface area (Å²) in [4.78, 5) is 29.4. The molecule has 4 N–H and O–H groups in total. The van der Waals surface area contributed by atoms with Crippen LogP contribution in [0.5, 0.6) is 11.6 Å². The van der Waals surface area contributed by atoms with Crippen molar-refractivity contribution in [3.05, 3.63) is 66.4 Å². The molecule has 4 rings (SSSR count). The van der Waals surface area contributed by atoms with Crippen LogP contribution < -0.4 is 16.2 Å². The second-order valence-electron chi connectivity index (χ2n) is 8.19. The zero-order valence-corrected chi connectivity index (χ0v) is 19.0. The Morgan fingerprint density at radius 3 is 2.53 bits per heavy atom. The van der Waals surface area contributed by atoms with Crippen LogP contribution >= 0.6 is 0 Å². The van der Waals surface area contributed by atoms with Crippen LogP contribution in [0, 0.1) is 0 Å². The molecule has 2 aromatic heterocycles. The monoisotopic (exact) mass is 500 g/mol. The van der Waals surface area contributed by atoms with Gasteiger partial charge in [0.1, 0.15) is 28.5 Å². The smallest absolute Gasteiger partial charge is 0.433 e. The van der Waals surface area contributed by atoms with Crippen molar-refractivity contribution in [3.8, 4) is 22.9 Å². The van der Waals surface area contributed by atoms with E-state index in [1.165, 1.54) is 35.0 Å². The molecule has 1 aliphatic rings. The molecule has 9 nitrogen and oxygen atoms in total. The normalized spacial score (nSPS) is 16.0. The van der Waals surface area contributed by atoms with Crippen molar-refractivity contribution >= 4 is 17.6 Å². The molecule has 3 aromatic rings. The highest BCUT2D eigenvalue weighted by Gasteiger charge is 2.33. The number of nitrogens with two attached hydrogens (primary N) is 2. The van der Waals surface area contributed by atoms with Gasteiger partial charge < -0.3 is 21.1 Å². The van der Waals surface area contributed by atoms with Gasteiger partial charge in [-0.2, -0.15) is 18.3 Å². The van der Waals surface area contributed by atoms with E-state index < -0.39 is 17.8 Å². The number of pyridine rings is 1. The number of halogens is 3. The molecule has 12 heteroatoms. The summed E-state index contributed by atoms with van der Waals surface area (Å²) < 4.78 is 45.7. The number of hydrogen-bond acceptors (Lipinski definition) is 6. The second kappa shape index (κ2) is 9.72. The number of aromatic nitrogens is 3. The highest BCUT2D eigenvalue weighted by Crippen LogP contribution is 2.34. The van der Waals surface area contributed by atoms with Crippen molar-refractivity contribution in [2.24, 2.45) is 5.73 Å². The molecule has 0 radical (unpaired) electrons. The van der Waals surface area contributed by atoms with Gasteiger partial charge in [0.25, 0.3) is 5.91 Å². The Labute approximate surface area is 204 Å². The number of benzene rings is 1. The minimum atomic E-state index is -4.60. The summed E-state index contributed by atoms with van der Waals surface area (Å²) in [6, 6.07) is 9.26. The third-order valence-electron chi connectivity index (χ3n) is 5.79. The standard InChI is InChI=1S/C24H23F3N6O3/c1-2-19(34)32-12-4-5-15(13-32)33-22(28)20(23(29)35)21(31-33)14-8-10-16(11-9-14)36-18-7-3-6-17(30-18)24(25,26)27/h2-3,6-11,15H,1,4-5,12-13,28H2,(H2,29,35). The quantitative estimate of drug-likeness (QED) is 0.496. The number of likely N-dealkylation sites (tertiary alicyclic amines) is 1. The highest BCUT2D eigenvalue weighted by molar-refractivity contribution is 6.03. The van der Waals surface area contributed by atoms with Crippen LogP contribution in [0.3, 0.4) is 0 Å². The summed E-state index contributed by atoms with van der Waals surface area (Å²) in [5, 5.41) is 4.55. The summed E-state index contributed by atoms with van der Waals surface area (Å²) in [6.45, 7) is 4.45. The molecule has 0 spiro atoms. The van der Waals surface area contributed by atoms with Crippen LogP contribution in [0.2, 0.25) is 0 Å². The summed E-state index contributed by atoms with van der Waals surface area (Å²) in [5.41, 5.74) is 11.6. The van der Waals surface area contributed by atoms with Crippen molar-refractivity contribution < 1.29 is 27.5 Å². The molecule has 1 aromatic carbocycles. The molecular formula is C24H23F3N6O3. The van der Waals surface area contributed by atoms with Gasteiger partial charge in [-0.1, -0.05) is 12.6 Å². The van der Waals surface area contributed by atoms with Crippen molar-refractivity contribution in [1.29, 1.82) is 0 Å². The summed E-state index contributed by atoms with van der Waals surface area (Å²) >= 11 is 0. The Morgan fingerprint density at radius 2 is 1.89 bits per heavy atom. The average Bonchev–Trinajstić information content (AvgIpc) is 3.21. The molecule has 1 fully saturated rings. The minimum absolute atomic E-state index is 0.0374. The number of carbonyl (C=O) groups excluding carboxylic acids is 2. The van der Waals surface area contributed by atoms with Gasteiger partial charge in [0.15, 0.2) is 0 Å². The lowest BCUT2D eigenvalue weighted by Crippen LogP contribution is -2.40. The maximum absolute atomic E-state index is 12.9. The van der Waals surface area contributed by atoms with E-state index in [1.807, 2.05) is 0 Å². The van der Waals surface area contributed by atoms with E-state index in [2.05, 4.69) is 16.7 Å². The fourth-order valence-electron chi connectivity index (χ4n) is 4.09. The van der Waals surface area contributed by atoms with E-state index in [-0.39, 0.29) is 40.7 Å². The highest BCUT2D eigenvalue weighted by atomic mass is 19.4. The Morgan fingerprint density at radius 1 is 1.17 bits per heavy atom. The number of ether oxygens (including phenoxy) is 1. The number of anilines is 1. The molecule has 0 saturated carbocycles. The van der Waals surface area contributed by atoms with E-state index in [9.17, 15) is 22.8 Å². The Balaban J connectivity index is 1.61. The topological polar surface area (TPSA) is 129 Å². The average molecular weight is 500 g/mol. The zero-order valence-electron chi connectivity index (χ0n) is 19.0. The van der Waals surface area contributed by atoms with Crippen LogP contribution in [-0.2, 0) is 11.0 Å². The van der Waals surface area contributed by atoms with Gasteiger partial charge in [0.2, 0.25) is 11.8 Å². The lowest BCUT2D eigenvalue weighted by Gasteiger charge is -2.32. The van der Waals surface area contributed by atoms with Crippen LogP contribution in [0.1, 0.15) is 34.9 Å². The first-order chi connectivity index (χ1) is 17.1. The van der Waals surface area contributed by atoms with E-state index in [0.29, 0.717) is 25.1 Å². The maximum Gasteiger partial charge on any atom is 0.433 e. The number of alkyl halides is 3. The molecule has 3 heterocycles. The number of primary amides is 1. The predicted molar refractivity (Wildman–Crippen MR) is 125 cm³/mol. The van der Waals surface area contributed by atoms with Gasteiger partial charge in [-0.15, -0.1) is 0 Å². The molecule has 0 aliphatic carbocycles. The predicted octanol–water partition coefficient (Wildman–Crippen LogP) is 3.79. The number of piperidine rings is 1. The molecule has 1 saturated heterocycles. The van der Waals surface area contributed by atoms with Gasteiger partial charge in [-0.3, -0.25) is 9.59 Å². The van der Waals surface area contributed by atoms with Crippen molar-refractivity contribution in [2.75, 3.05) is 18.8 Å². The Kier molecular flexibility index (Phi) is 6.69. The fraction of sp³-hybridized carbons (Fsp3) is 0.250. The van der Waals surface area contributed by atoms with Gasteiger partial charge >= 0.3 is 6.18 Å². The first-order valence-electron chi connectivity index (χ1n) is 11.0. The molecule has 1 atom stereocenters. The zero-order chi connectivity index (χ0) is 26.0. The first kappa shape index (κ1) is 24.8. The number of amides is 2. The number of nitrogens with zero attached hydrogens (tertiary/aromatic N) is 4. The van der Waals surface area contributed by atoms with E-state index in [0.717, 1.165) is 12.5 Å². The molecule has 0 bridgehead atoms. The molecule has 188 valence electrons. The molecule has 36 heavy (non-hydrogen) atoms. The van der Waals surface area contributed by atoms with Gasteiger partial charge in [0, 0.05) is 24.7 Å². The van der Waals surface area contributed by atoms with Crippen molar-refractivity contribution in [1.82, 2.24) is 19.7 Å². The summed E-state index contributed by atoms with van der Waals surface area (Å²) in [5.74, 6) is -0.878. The second-order valence-corrected chi connectivity index (χ2v) is 8.19. The molecular weight excluding hydrogens is 477 g/mol. The van der Waals surface area contributed by atoms with E-state index in [4.69, 9.17) is 16.2 Å². The molecule has 1 aliphatic heterocycles. The lowest BCUT2D eigenvalue weighted by molar-refractivity contribution is -0.141. The van der Waals surface area contributed by atoms with Crippen LogP contribution in [-0.4, -0.2) is 44.6 Å². The third kappa shape index (κ3) is 5.02. The third-order valence-corrected chi connectivity index (χ3v) is 5.79. The lowest BCUT2D eigenvalue weighted by atomic mass is 10.1. The SMILES string of the molecule is C=CC(=O)N1CCCC(n2nc(-c3ccc(Oc4cccc(C(F)(F)F)n4)cc3)c(C(N)=O)c2N)C1. The number of rotatable bonds is 6.